The standard InChI is InChI=1S/C21H25NO5.ClH/c1-14(12-26-17-5-6-18-16(11-17)13-27-21(18)23)22-9-8-15-4-7-19(24-2)20(10-15)25-3;/h4-7,10-11,14,22H,8-9,12-13H2,1-3H3;1H. The van der Waals surface area contributed by atoms with E-state index in [0.29, 0.717) is 18.8 Å². The van der Waals surface area contributed by atoms with Crippen molar-refractivity contribution in [1.82, 2.24) is 5.32 Å². The lowest BCUT2D eigenvalue weighted by Gasteiger charge is -2.16. The molecule has 3 rings (SSSR count). The molecule has 1 aliphatic rings. The summed E-state index contributed by atoms with van der Waals surface area (Å²) in [5.41, 5.74) is 2.69. The van der Waals surface area contributed by atoms with E-state index in [0.717, 1.165) is 35.8 Å². The first kappa shape index (κ1) is 21.9. The minimum absolute atomic E-state index is 0. The monoisotopic (exact) mass is 407 g/mol. The molecular formula is C21H26ClNO5. The molecule has 7 heteroatoms. The van der Waals surface area contributed by atoms with Crippen LogP contribution in [-0.2, 0) is 17.8 Å². The minimum atomic E-state index is -0.262. The van der Waals surface area contributed by atoms with E-state index in [2.05, 4.69) is 12.2 Å². The minimum Gasteiger partial charge on any atom is -0.493 e. The van der Waals surface area contributed by atoms with Gasteiger partial charge in [0.05, 0.1) is 19.8 Å². The van der Waals surface area contributed by atoms with Crippen LogP contribution in [0.25, 0.3) is 0 Å². The average molecular weight is 408 g/mol. The highest BCUT2D eigenvalue weighted by Gasteiger charge is 2.21. The van der Waals surface area contributed by atoms with Gasteiger partial charge in [0.2, 0.25) is 0 Å². The van der Waals surface area contributed by atoms with Crippen molar-refractivity contribution >= 4 is 18.4 Å². The van der Waals surface area contributed by atoms with Gasteiger partial charge in [0.15, 0.2) is 11.5 Å². The Labute approximate surface area is 171 Å². The van der Waals surface area contributed by atoms with Gasteiger partial charge in [-0.1, -0.05) is 6.07 Å². The first-order valence-electron chi connectivity index (χ1n) is 8.98. The van der Waals surface area contributed by atoms with Gasteiger partial charge in [0.25, 0.3) is 0 Å². The summed E-state index contributed by atoms with van der Waals surface area (Å²) in [7, 11) is 3.27. The molecule has 0 saturated heterocycles. The number of rotatable bonds is 9. The Balaban J connectivity index is 0.00000280. The molecule has 0 aliphatic carbocycles. The van der Waals surface area contributed by atoms with Gasteiger partial charge in [0.1, 0.15) is 19.0 Å². The highest BCUT2D eigenvalue weighted by molar-refractivity contribution is 5.93. The Morgan fingerprint density at radius 2 is 1.89 bits per heavy atom. The molecule has 6 nitrogen and oxygen atoms in total. The largest absolute Gasteiger partial charge is 0.493 e. The highest BCUT2D eigenvalue weighted by Crippen LogP contribution is 2.27. The van der Waals surface area contributed by atoms with E-state index in [4.69, 9.17) is 18.9 Å². The summed E-state index contributed by atoms with van der Waals surface area (Å²) < 4.78 is 21.4. The van der Waals surface area contributed by atoms with Gasteiger partial charge in [-0.25, -0.2) is 4.79 Å². The summed E-state index contributed by atoms with van der Waals surface area (Å²) in [4.78, 5) is 11.5. The Hall–Kier alpha value is -2.44. The van der Waals surface area contributed by atoms with E-state index in [1.54, 1.807) is 20.3 Å². The Kier molecular flexibility index (Phi) is 7.96. The number of methoxy groups -OCH3 is 2. The predicted octanol–water partition coefficient (Wildman–Crippen LogP) is 3.40. The fraction of sp³-hybridized carbons (Fsp3) is 0.381. The molecule has 1 atom stereocenters. The zero-order valence-corrected chi connectivity index (χ0v) is 17.1. The molecule has 1 unspecified atom stereocenters. The average Bonchev–Trinajstić information content (AvgIpc) is 3.06. The normalized spacial score (nSPS) is 13.2. The van der Waals surface area contributed by atoms with Crippen molar-refractivity contribution in [2.24, 2.45) is 0 Å². The number of benzene rings is 2. The van der Waals surface area contributed by atoms with Crippen LogP contribution in [0.1, 0.15) is 28.4 Å². The van der Waals surface area contributed by atoms with Crippen molar-refractivity contribution < 1.29 is 23.7 Å². The molecular weight excluding hydrogens is 382 g/mol. The number of cyclic esters (lactones) is 1. The molecule has 152 valence electrons. The van der Waals surface area contributed by atoms with Gasteiger partial charge < -0.3 is 24.3 Å². The second-order valence-electron chi connectivity index (χ2n) is 6.50. The predicted molar refractivity (Wildman–Crippen MR) is 109 cm³/mol. The number of carbonyl (C=O) groups is 1. The number of hydrogen-bond donors (Lipinski definition) is 1. The quantitative estimate of drug-likeness (QED) is 0.643. The Morgan fingerprint density at radius 3 is 2.64 bits per heavy atom. The number of fused-ring (bicyclic) bond motifs is 1. The molecule has 0 amide bonds. The number of esters is 1. The molecule has 2 aromatic rings. The topological polar surface area (TPSA) is 66.0 Å². The van der Waals surface area contributed by atoms with Crippen LogP contribution in [0, 0.1) is 0 Å². The van der Waals surface area contributed by atoms with Gasteiger partial charge in [-0.3, -0.25) is 0 Å². The van der Waals surface area contributed by atoms with Crippen molar-refractivity contribution in [1.29, 1.82) is 0 Å². The molecule has 0 aromatic heterocycles. The third-order valence-corrected chi connectivity index (χ3v) is 4.51. The lowest BCUT2D eigenvalue weighted by molar-refractivity contribution is 0.0535. The van der Waals surface area contributed by atoms with Crippen LogP contribution in [-0.4, -0.2) is 39.4 Å². The maximum atomic E-state index is 11.5. The van der Waals surface area contributed by atoms with E-state index >= 15 is 0 Å². The first-order valence-corrected chi connectivity index (χ1v) is 8.98. The summed E-state index contributed by atoms with van der Waals surface area (Å²) >= 11 is 0. The van der Waals surface area contributed by atoms with E-state index in [1.807, 2.05) is 30.3 Å². The SMILES string of the molecule is COc1ccc(CCNC(C)COc2ccc3c(c2)COC3=O)cc1OC.Cl. The van der Waals surface area contributed by atoms with Crippen molar-refractivity contribution in [2.45, 2.75) is 26.0 Å². The fourth-order valence-electron chi connectivity index (χ4n) is 2.98. The maximum Gasteiger partial charge on any atom is 0.338 e. The number of nitrogens with one attached hydrogen (secondary N) is 1. The van der Waals surface area contributed by atoms with Gasteiger partial charge >= 0.3 is 5.97 Å². The van der Waals surface area contributed by atoms with E-state index in [9.17, 15) is 4.79 Å². The number of carbonyl (C=O) groups excluding carboxylic acids is 1. The smallest absolute Gasteiger partial charge is 0.338 e. The molecule has 1 aliphatic heterocycles. The van der Waals surface area contributed by atoms with Crippen molar-refractivity contribution in [3.63, 3.8) is 0 Å². The Morgan fingerprint density at radius 1 is 1.11 bits per heavy atom. The van der Waals surface area contributed by atoms with Crippen LogP contribution in [0.5, 0.6) is 17.2 Å². The summed E-state index contributed by atoms with van der Waals surface area (Å²) in [6.45, 7) is 3.77. The van der Waals surface area contributed by atoms with Crippen LogP contribution in [0.4, 0.5) is 0 Å². The van der Waals surface area contributed by atoms with Crippen molar-refractivity contribution in [2.75, 3.05) is 27.4 Å². The Bertz CT molecular complexity index is 811. The maximum absolute atomic E-state index is 11.5. The van der Waals surface area contributed by atoms with Crippen LogP contribution < -0.4 is 19.5 Å². The second kappa shape index (κ2) is 10.2. The van der Waals surface area contributed by atoms with Gasteiger partial charge in [-0.15, -0.1) is 12.4 Å². The number of ether oxygens (including phenoxy) is 4. The van der Waals surface area contributed by atoms with E-state index in [-0.39, 0.29) is 24.4 Å². The highest BCUT2D eigenvalue weighted by atomic mass is 35.5. The van der Waals surface area contributed by atoms with Crippen LogP contribution in [0.2, 0.25) is 0 Å². The number of hydrogen-bond acceptors (Lipinski definition) is 6. The molecule has 1 heterocycles. The van der Waals surface area contributed by atoms with Crippen LogP contribution in [0.3, 0.4) is 0 Å². The van der Waals surface area contributed by atoms with Gasteiger partial charge in [-0.05, 0) is 55.8 Å². The van der Waals surface area contributed by atoms with E-state index in [1.165, 1.54) is 5.56 Å². The van der Waals surface area contributed by atoms with E-state index < -0.39 is 0 Å². The van der Waals surface area contributed by atoms with Crippen LogP contribution >= 0.6 is 12.4 Å². The molecule has 0 fully saturated rings. The lowest BCUT2D eigenvalue weighted by Crippen LogP contribution is -2.33. The molecule has 1 N–H and O–H groups in total. The zero-order chi connectivity index (χ0) is 19.2. The molecule has 28 heavy (non-hydrogen) atoms. The summed E-state index contributed by atoms with van der Waals surface area (Å²) in [5.74, 6) is 1.96. The molecule has 0 saturated carbocycles. The summed E-state index contributed by atoms with van der Waals surface area (Å²) in [6.07, 6.45) is 0.878. The summed E-state index contributed by atoms with van der Waals surface area (Å²) in [6, 6.07) is 11.6. The van der Waals surface area contributed by atoms with Crippen molar-refractivity contribution in [3.8, 4) is 17.2 Å². The summed E-state index contributed by atoms with van der Waals surface area (Å²) in [5, 5.41) is 3.45. The number of halogens is 1. The van der Waals surface area contributed by atoms with Crippen LogP contribution in [0.15, 0.2) is 36.4 Å². The molecule has 2 aromatic carbocycles. The second-order valence-corrected chi connectivity index (χ2v) is 6.50. The first-order chi connectivity index (χ1) is 13.1. The molecule has 0 radical (unpaired) electrons. The van der Waals surface area contributed by atoms with Crippen molar-refractivity contribution in [3.05, 3.63) is 53.1 Å². The third kappa shape index (κ3) is 5.30. The molecule has 0 spiro atoms. The molecule has 0 bridgehead atoms. The zero-order valence-electron chi connectivity index (χ0n) is 16.3. The fourth-order valence-corrected chi connectivity index (χ4v) is 2.98. The van der Waals surface area contributed by atoms with Gasteiger partial charge in [-0.2, -0.15) is 0 Å². The lowest BCUT2D eigenvalue weighted by atomic mass is 10.1. The third-order valence-electron chi connectivity index (χ3n) is 4.51. The van der Waals surface area contributed by atoms with Gasteiger partial charge in [0, 0.05) is 11.6 Å².